The summed E-state index contributed by atoms with van der Waals surface area (Å²) in [6.45, 7) is 0.448. The second kappa shape index (κ2) is 7.66. The van der Waals surface area contributed by atoms with Gasteiger partial charge in [-0.05, 0) is 35.9 Å². The van der Waals surface area contributed by atoms with E-state index in [2.05, 4.69) is 0 Å². The van der Waals surface area contributed by atoms with Gasteiger partial charge in [-0.15, -0.1) is 0 Å². The summed E-state index contributed by atoms with van der Waals surface area (Å²) in [5.41, 5.74) is 3.98. The molecule has 1 spiro atoms. The zero-order chi connectivity index (χ0) is 23.3. The van der Waals surface area contributed by atoms with Gasteiger partial charge in [0.2, 0.25) is 0 Å². The molecule has 34 heavy (non-hydrogen) atoms. The molecule has 0 fully saturated rings. The van der Waals surface area contributed by atoms with Crippen LogP contribution in [-0.2, 0) is 16.9 Å². The molecule has 2 aliphatic heterocycles. The Balaban J connectivity index is 1.49. The highest BCUT2D eigenvalue weighted by atomic mass is 16.6. The molecule has 168 valence electrons. The Morgan fingerprint density at radius 3 is 2.29 bits per heavy atom. The van der Waals surface area contributed by atoms with E-state index < -0.39 is 5.60 Å². The van der Waals surface area contributed by atoms with Gasteiger partial charge in [-0.2, -0.15) is 0 Å². The zero-order valence-corrected chi connectivity index (χ0v) is 18.9. The summed E-state index contributed by atoms with van der Waals surface area (Å²) in [5, 5.41) is 0. The first-order chi connectivity index (χ1) is 16.6. The topological polar surface area (TPSA) is 48.0 Å². The van der Waals surface area contributed by atoms with Crippen molar-refractivity contribution >= 4 is 11.7 Å². The monoisotopic (exact) mass is 449 g/mol. The van der Waals surface area contributed by atoms with Crippen LogP contribution in [0.1, 0.15) is 32.6 Å². The largest absolute Gasteiger partial charge is 0.489 e. The number of benzene rings is 4. The maximum atomic E-state index is 13.0. The Morgan fingerprint density at radius 1 is 0.794 bits per heavy atom. The Hall–Kier alpha value is -4.25. The zero-order valence-electron chi connectivity index (χ0n) is 18.9. The van der Waals surface area contributed by atoms with E-state index in [1.54, 1.807) is 0 Å². The summed E-state index contributed by atoms with van der Waals surface area (Å²) in [5.74, 6) is 1.61. The van der Waals surface area contributed by atoms with Crippen LogP contribution in [0.3, 0.4) is 0 Å². The molecule has 0 aliphatic carbocycles. The molecular formula is C29H23NO4. The SMILES string of the molecule is CN(C)c1ccc2c(c1)Oc1cc(OCc3ccccc3)ccc1C21OC(=O)c2ccccc21. The Bertz CT molecular complexity index is 1410. The fourth-order valence-electron chi connectivity index (χ4n) is 4.75. The number of fused-ring (bicyclic) bond motifs is 6. The lowest BCUT2D eigenvalue weighted by atomic mass is 9.77. The quantitative estimate of drug-likeness (QED) is 0.363. The van der Waals surface area contributed by atoms with Gasteiger partial charge in [0.25, 0.3) is 0 Å². The molecular weight excluding hydrogens is 426 g/mol. The van der Waals surface area contributed by atoms with E-state index in [1.165, 1.54) is 0 Å². The minimum atomic E-state index is -1.07. The normalized spacial score (nSPS) is 17.3. The third kappa shape index (κ3) is 3.05. The molecule has 1 unspecified atom stereocenters. The lowest BCUT2D eigenvalue weighted by Gasteiger charge is -2.37. The van der Waals surface area contributed by atoms with Crippen molar-refractivity contribution in [3.8, 4) is 17.2 Å². The van der Waals surface area contributed by atoms with Crippen LogP contribution < -0.4 is 14.4 Å². The molecule has 2 aliphatic rings. The van der Waals surface area contributed by atoms with Crippen molar-refractivity contribution in [2.24, 2.45) is 0 Å². The fourth-order valence-corrected chi connectivity index (χ4v) is 4.75. The summed E-state index contributed by atoms with van der Waals surface area (Å²) in [4.78, 5) is 15.0. The summed E-state index contributed by atoms with van der Waals surface area (Å²) >= 11 is 0. The van der Waals surface area contributed by atoms with Crippen molar-refractivity contribution in [2.75, 3.05) is 19.0 Å². The van der Waals surface area contributed by atoms with Crippen molar-refractivity contribution in [3.05, 3.63) is 119 Å². The highest BCUT2D eigenvalue weighted by molar-refractivity contribution is 5.97. The minimum Gasteiger partial charge on any atom is -0.489 e. The summed E-state index contributed by atoms with van der Waals surface area (Å²) < 4.78 is 18.7. The Kier molecular flexibility index (Phi) is 4.59. The third-order valence-corrected chi connectivity index (χ3v) is 6.43. The van der Waals surface area contributed by atoms with E-state index in [1.807, 2.05) is 110 Å². The van der Waals surface area contributed by atoms with Crippen LogP contribution in [0.2, 0.25) is 0 Å². The summed E-state index contributed by atoms with van der Waals surface area (Å²) in [7, 11) is 3.96. The Labute approximate surface area is 198 Å². The predicted octanol–water partition coefficient (Wildman–Crippen LogP) is 5.90. The van der Waals surface area contributed by atoms with Gasteiger partial charge >= 0.3 is 5.97 Å². The van der Waals surface area contributed by atoms with Gasteiger partial charge < -0.3 is 19.1 Å². The number of hydrogen-bond donors (Lipinski definition) is 0. The lowest BCUT2D eigenvalue weighted by molar-refractivity contribution is 0.0224. The van der Waals surface area contributed by atoms with E-state index in [0.717, 1.165) is 27.9 Å². The number of ether oxygens (including phenoxy) is 3. The second-order valence-corrected chi connectivity index (χ2v) is 8.73. The molecule has 0 N–H and O–H groups in total. The molecule has 2 heterocycles. The molecule has 0 bridgehead atoms. The molecule has 0 amide bonds. The lowest BCUT2D eigenvalue weighted by Crippen LogP contribution is -2.33. The molecule has 5 nitrogen and oxygen atoms in total. The number of hydrogen-bond acceptors (Lipinski definition) is 5. The standard InChI is InChI=1S/C29H23NO4/c1-30(2)20-12-14-24-26(16-20)33-27-17-21(32-18-19-8-4-3-5-9-19)13-15-25(27)29(24)23-11-7-6-10-22(23)28(31)34-29/h3-17H,18H2,1-2H3. The van der Waals surface area contributed by atoms with Gasteiger partial charge in [0.05, 0.1) is 5.56 Å². The number of carbonyl (C=O) groups excluding carboxylic acids is 1. The predicted molar refractivity (Wildman–Crippen MR) is 130 cm³/mol. The smallest absolute Gasteiger partial charge is 0.340 e. The van der Waals surface area contributed by atoms with Crippen LogP contribution in [0, 0.1) is 0 Å². The molecule has 0 saturated carbocycles. The van der Waals surface area contributed by atoms with Gasteiger partial charge in [0.1, 0.15) is 23.9 Å². The fraction of sp³-hybridized carbons (Fsp3) is 0.138. The summed E-state index contributed by atoms with van der Waals surface area (Å²) in [6.07, 6.45) is 0. The van der Waals surface area contributed by atoms with Crippen LogP contribution in [0.4, 0.5) is 5.69 Å². The van der Waals surface area contributed by atoms with Crippen LogP contribution in [0.5, 0.6) is 17.2 Å². The van der Waals surface area contributed by atoms with Crippen LogP contribution in [-0.4, -0.2) is 20.1 Å². The van der Waals surface area contributed by atoms with Gasteiger partial charge in [0.15, 0.2) is 5.60 Å². The molecule has 5 heteroatoms. The Morgan fingerprint density at radius 2 is 1.50 bits per heavy atom. The first-order valence-electron chi connectivity index (χ1n) is 11.2. The minimum absolute atomic E-state index is 0.338. The van der Waals surface area contributed by atoms with E-state index in [9.17, 15) is 4.79 Å². The van der Waals surface area contributed by atoms with E-state index in [-0.39, 0.29) is 5.97 Å². The van der Waals surface area contributed by atoms with Gasteiger partial charge in [-0.3, -0.25) is 0 Å². The molecule has 4 aromatic rings. The first kappa shape index (κ1) is 20.4. The van der Waals surface area contributed by atoms with E-state index >= 15 is 0 Å². The molecule has 0 radical (unpaired) electrons. The van der Waals surface area contributed by atoms with E-state index in [0.29, 0.717) is 29.4 Å². The van der Waals surface area contributed by atoms with Crippen LogP contribution in [0.25, 0.3) is 0 Å². The number of carbonyl (C=O) groups is 1. The molecule has 6 rings (SSSR count). The maximum absolute atomic E-state index is 13.0. The average molecular weight is 450 g/mol. The van der Waals surface area contributed by atoms with E-state index in [4.69, 9.17) is 14.2 Å². The maximum Gasteiger partial charge on any atom is 0.340 e. The highest BCUT2D eigenvalue weighted by Crippen LogP contribution is 2.56. The number of rotatable bonds is 4. The number of anilines is 1. The van der Waals surface area contributed by atoms with Gasteiger partial charge in [-0.25, -0.2) is 4.79 Å². The van der Waals surface area contributed by atoms with Crippen molar-refractivity contribution < 1.29 is 19.0 Å². The number of nitrogens with zero attached hydrogens (tertiary/aromatic N) is 1. The molecule has 0 saturated heterocycles. The third-order valence-electron chi connectivity index (χ3n) is 6.43. The van der Waals surface area contributed by atoms with Crippen molar-refractivity contribution in [3.63, 3.8) is 0 Å². The average Bonchev–Trinajstić information content (AvgIpc) is 3.16. The van der Waals surface area contributed by atoms with Crippen molar-refractivity contribution in [1.82, 2.24) is 0 Å². The van der Waals surface area contributed by atoms with Crippen molar-refractivity contribution in [2.45, 2.75) is 12.2 Å². The molecule has 1 atom stereocenters. The molecule has 4 aromatic carbocycles. The second-order valence-electron chi connectivity index (χ2n) is 8.73. The van der Waals surface area contributed by atoms with Crippen LogP contribution in [0.15, 0.2) is 91.0 Å². The summed E-state index contributed by atoms with van der Waals surface area (Å²) in [6, 6.07) is 29.3. The van der Waals surface area contributed by atoms with Crippen LogP contribution >= 0.6 is 0 Å². The van der Waals surface area contributed by atoms with Gasteiger partial charge in [0, 0.05) is 48.6 Å². The molecule has 0 aromatic heterocycles. The highest BCUT2D eigenvalue weighted by Gasteiger charge is 2.53. The number of esters is 1. The van der Waals surface area contributed by atoms with Crippen molar-refractivity contribution in [1.29, 1.82) is 0 Å². The van der Waals surface area contributed by atoms with Gasteiger partial charge in [-0.1, -0.05) is 48.5 Å². The first-order valence-corrected chi connectivity index (χ1v) is 11.2.